The Hall–Kier alpha value is -4.26. The molecule has 3 heterocycles. The number of phenolic OH excluding ortho intramolecular Hbond substituents is 1. The summed E-state index contributed by atoms with van der Waals surface area (Å²) in [4.78, 5) is 17.5. The minimum absolute atomic E-state index is 0.0791. The molecule has 4 aromatic rings. The summed E-state index contributed by atoms with van der Waals surface area (Å²) in [6, 6.07) is 21.3. The van der Waals surface area contributed by atoms with Crippen LogP contribution in [0.1, 0.15) is 34.1 Å². The number of rotatable bonds is 4. The molecule has 0 aliphatic carbocycles. The quantitative estimate of drug-likeness (QED) is 0.537. The van der Waals surface area contributed by atoms with Crippen molar-refractivity contribution >= 4 is 11.6 Å². The largest absolute Gasteiger partial charge is 0.508 e. The molecule has 1 atom stereocenters. The van der Waals surface area contributed by atoms with E-state index in [9.17, 15) is 9.90 Å². The highest BCUT2D eigenvalue weighted by molar-refractivity contribution is 6.04. The van der Waals surface area contributed by atoms with Crippen LogP contribution in [0.4, 0.5) is 0 Å². The van der Waals surface area contributed by atoms with Crippen LogP contribution in [0.5, 0.6) is 5.75 Å². The second kappa shape index (κ2) is 7.87. The van der Waals surface area contributed by atoms with Gasteiger partial charge < -0.3 is 9.63 Å². The van der Waals surface area contributed by atoms with Crippen LogP contribution in [0.15, 0.2) is 94.8 Å². The first kappa shape index (κ1) is 18.7. The van der Waals surface area contributed by atoms with Crippen molar-refractivity contribution in [2.75, 3.05) is 0 Å². The lowest BCUT2D eigenvalue weighted by atomic mass is 9.98. The summed E-state index contributed by atoms with van der Waals surface area (Å²) in [5, 5.41) is 20.4. The fraction of sp³-hybridized carbons (Fsp3) is 0.0833. The lowest BCUT2D eigenvalue weighted by molar-refractivity contribution is 0.0667. The number of carbonyl (C=O) groups is 1. The van der Waals surface area contributed by atoms with Gasteiger partial charge in [0.1, 0.15) is 11.4 Å². The van der Waals surface area contributed by atoms with E-state index in [4.69, 9.17) is 4.52 Å². The molecule has 5 rings (SSSR count). The molecule has 2 aromatic heterocycles. The van der Waals surface area contributed by atoms with Gasteiger partial charge in [0.05, 0.1) is 11.8 Å². The van der Waals surface area contributed by atoms with E-state index in [1.165, 1.54) is 5.01 Å². The van der Waals surface area contributed by atoms with Gasteiger partial charge in [-0.25, -0.2) is 5.01 Å². The average Bonchev–Trinajstić information content (AvgIpc) is 3.48. The molecule has 2 aromatic carbocycles. The molecule has 1 aliphatic heterocycles. The Balaban J connectivity index is 1.52. The van der Waals surface area contributed by atoms with Gasteiger partial charge in [-0.2, -0.15) is 5.10 Å². The number of carbonyl (C=O) groups excluding carboxylic acids is 1. The number of benzene rings is 2. The van der Waals surface area contributed by atoms with Crippen molar-refractivity contribution in [3.05, 3.63) is 102 Å². The highest BCUT2D eigenvalue weighted by atomic mass is 16.5. The van der Waals surface area contributed by atoms with Crippen molar-refractivity contribution in [3.63, 3.8) is 0 Å². The zero-order chi connectivity index (χ0) is 21.2. The molecule has 1 unspecified atom stereocenters. The molecule has 1 N–H and O–H groups in total. The van der Waals surface area contributed by atoms with Crippen molar-refractivity contribution in [1.29, 1.82) is 0 Å². The molecule has 1 aliphatic rings. The van der Waals surface area contributed by atoms with E-state index in [-0.39, 0.29) is 11.5 Å². The molecular weight excluding hydrogens is 392 g/mol. The van der Waals surface area contributed by atoms with Gasteiger partial charge >= 0.3 is 5.91 Å². The maximum Gasteiger partial charge on any atom is 0.313 e. The van der Waals surface area contributed by atoms with E-state index in [2.05, 4.69) is 15.2 Å². The molecule has 31 heavy (non-hydrogen) atoms. The van der Waals surface area contributed by atoms with Crippen molar-refractivity contribution < 1.29 is 14.4 Å². The molecule has 0 radical (unpaired) electrons. The second-order valence-electron chi connectivity index (χ2n) is 7.16. The second-order valence-corrected chi connectivity index (χ2v) is 7.16. The van der Waals surface area contributed by atoms with Gasteiger partial charge in [-0.3, -0.25) is 9.78 Å². The monoisotopic (exact) mass is 410 g/mol. The Kier molecular flexibility index (Phi) is 4.76. The van der Waals surface area contributed by atoms with E-state index < -0.39 is 11.9 Å². The number of nitrogens with zero attached hydrogens (tertiary/aromatic N) is 4. The van der Waals surface area contributed by atoms with Crippen LogP contribution < -0.4 is 0 Å². The average molecular weight is 410 g/mol. The lowest BCUT2D eigenvalue weighted by Crippen LogP contribution is -2.26. The Morgan fingerprint density at radius 3 is 2.55 bits per heavy atom. The molecular formula is C24H18N4O3. The zero-order valence-electron chi connectivity index (χ0n) is 16.4. The van der Waals surface area contributed by atoms with Gasteiger partial charge in [0.2, 0.25) is 5.76 Å². The maximum atomic E-state index is 13.4. The number of amides is 1. The third-order valence-corrected chi connectivity index (χ3v) is 5.20. The fourth-order valence-corrected chi connectivity index (χ4v) is 3.65. The smallest absolute Gasteiger partial charge is 0.313 e. The number of hydrogen-bond donors (Lipinski definition) is 1. The van der Waals surface area contributed by atoms with Crippen LogP contribution in [0.25, 0.3) is 11.3 Å². The van der Waals surface area contributed by atoms with Crippen LogP contribution in [-0.2, 0) is 0 Å². The number of para-hydroxylation sites is 1. The van der Waals surface area contributed by atoms with Crippen LogP contribution in [-0.4, -0.2) is 31.9 Å². The first-order chi connectivity index (χ1) is 15.2. The first-order valence-electron chi connectivity index (χ1n) is 9.82. The minimum atomic E-state index is -0.478. The summed E-state index contributed by atoms with van der Waals surface area (Å²) in [5.41, 5.74) is 3.56. The van der Waals surface area contributed by atoms with Crippen molar-refractivity contribution in [2.45, 2.75) is 12.5 Å². The Labute approximate surface area is 178 Å². The Bertz CT molecular complexity index is 1250. The molecule has 0 bridgehead atoms. The number of aromatic nitrogens is 2. The topological polar surface area (TPSA) is 91.8 Å². The van der Waals surface area contributed by atoms with E-state index >= 15 is 0 Å². The molecule has 0 spiro atoms. The molecule has 1 amide bonds. The van der Waals surface area contributed by atoms with Crippen molar-refractivity contribution in [2.24, 2.45) is 5.10 Å². The summed E-state index contributed by atoms with van der Waals surface area (Å²) in [6.45, 7) is 0. The van der Waals surface area contributed by atoms with Crippen LogP contribution in [0.3, 0.4) is 0 Å². The highest BCUT2D eigenvalue weighted by Gasteiger charge is 2.36. The zero-order valence-corrected chi connectivity index (χ0v) is 16.4. The Morgan fingerprint density at radius 2 is 1.77 bits per heavy atom. The molecule has 0 saturated carbocycles. The van der Waals surface area contributed by atoms with Crippen LogP contribution in [0, 0.1) is 0 Å². The third-order valence-electron chi connectivity index (χ3n) is 5.20. The van der Waals surface area contributed by atoms with Gasteiger partial charge in [0.25, 0.3) is 0 Å². The van der Waals surface area contributed by atoms with E-state index in [1.807, 2.05) is 48.5 Å². The first-order valence-corrected chi connectivity index (χ1v) is 9.82. The number of phenols is 1. The number of aromatic hydroxyl groups is 1. The van der Waals surface area contributed by atoms with Gasteiger partial charge in [-0.15, -0.1) is 0 Å². The Morgan fingerprint density at radius 1 is 1.00 bits per heavy atom. The van der Waals surface area contributed by atoms with Crippen molar-refractivity contribution in [3.8, 4) is 17.0 Å². The van der Waals surface area contributed by atoms with Gasteiger partial charge in [0.15, 0.2) is 0 Å². The molecule has 7 nitrogen and oxygen atoms in total. The highest BCUT2D eigenvalue weighted by Crippen LogP contribution is 2.38. The summed E-state index contributed by atoms with van der Waals surface area (Å²) in [6.07, 6.45) is 3.83. The summed E-state index contributed by atoms with van der Waals surface area (Å²) in [7, 11) is 0. The van der Waals surface area contributed by atoms with E-state index in [0.717, 1.165) is 11.1 Å². The fourth-order valence-electron chi connectivity index (χ4n) is 3.65. The van der Waals surface area contributed by atoms with Gasteiger partial charge in [0, 0.05) is 41.6 Å². The third kappa shape index (κ3) is 3.57. The van der Waals surface area contributed by atoms with Crippen LogP contribution in [0.2, 0.25) is 0 Å². The molecule has 152 valence electrons. The molecule has 0 fully saturated rings. The van der Waals surface area contributed by atoms with Crippen molar-refractivity contribution in [1.82, 2.24) is 15.1 Å². The lowest BCUT2D eigenvalue weighted by Gasteiger charge is -2.21. The molecule has 0 saturated heterocycles. The number of pyridine rings is 1. The maximum absolute atomic E-state index is 13.4. The predicted octanol–water partition coefficient (Wildman–Crippen LogP) is 4.43. The standard InChI is InChI=1S/C24H18N4O3/c29-22-11-5-4-10-18(22)21-13-19(17-9-6-12-25-15-17)26-28(21)24(30)23-14-20(27-31-23)16-7-2-1-3-8-16/h1-12,14-15,21,29H,13H2. The molecule has 7 heteroatoms. The summed E-state index contributed by atoms with van der Waals surface area (Å²) in [5.74, 6) is -0.243. The summed E-state index contributed by atoms with van der Waals surface area (Å²) >= 11 is 0. The van der Waals surface area contributed by atoms with Crippen LogP contribution >= 0.6 is 0 Å². The van der Waals surface area contributed by atoms with E-state index in [0.29, 0.717) is 23.4 Å². The number of hydrazone groups is 1. The van der Waals surface area contributed by atoms with Gasteiger partial charge in [-0.1, -0.05) is 59.8 Å². The van der Waals surface area contributed by atoms with E-state index in [1.54, 1.807) is 36.7 Å². The minimum Gasteiger partial charge on any atom is -0.508 e. The SMILES string of the molecule is O=C(c1cc(-c2ccccc2)no1)N1N=C(c2cccnc2)CC1c1ccccc1O. The predicted molar refractivity (Wildman–Crippen MR) is 114 cm³/mol. The number of hydrogen-bond acceptors (Lipinski definition) is 6. The normalized spacial score (nSPS) is 15.7. The van der Waals surface area contributed by atoms with Gasteiger partial charge in [-0.05, 0) is 12.1 Å². The summed E-state index contributed by atoms with van der Waals surface area (Å²) < 4.78 is 5.36.